The van der Waals surface area contributed by atoms with Gasteiger partial charge < -0.3 is 0 Å². The maximum absolute atomic E-state index is 2.34. The SMILES string of the molecule is CC(C)(C)c1cccc(C(C)(C)C)c1-n1cc[n+](-c2c(C(C)(C)C)cccc2C(C)(C)C)c1. The normalized spacial score (nSPS) is 13.5. The van der Waals surface area contributed by atoms with Gasteiger partial charge in [-0.1, -0.05) is 119 Å². The Hall–Kier alpha value is -2.35. The fourth-order valence-corrected chi connectivity index (χ4v) is 4.68. The highest BCUT2D eigenvalue weighted by atomic mass is 15.1. The second-order valence-corrected chi connectivity index (χ2v) is 13.6. The number of rotatable bonds is 2. The summed E-state index contributed by atoms with van der Waals surface area (Å²) < 4.78 is 4.68. The Morgan fingerprint density at radius 1 is 0.545 bits per heavy atom. The van der Waals surface area contributed by atoms with E-state index < -0.39 is 0 Å². The zero-order chi connectivity index (χ0) is 25.0. The summed E-state index contributed by atoms with van der Waals surface area (Å²) in [6, 6.07) is 13.6. The van der Waals surface area contributed by atoms with Crippen LogP contribution < -0.4 is 4.57 Å². The summed E-state index contributed by atoms with van der Waals surface area (Å²) in [5.74, 6) is 0. The zero-order valence-corrected chi connectivity index (χ0v) is 23.1. The summed E-state index contributed by atoms with van der Waals surface area (Å²) in [5, 5.41) is 0. The molecule has 0 atom stereocenters. The molecule has 0 aliphatic rings. The van der Waals surface area contributed by atoms with Gasteiger partial charge in [-0.05, 0) is 21.7 Å². The van der Waals surface area contributed by atoms with Gasteiger partial charge in [0.1, 0.15) is 23.8 Å². The second-order valence-electron chi connectivity index (χ2n) is 13.6. The molecule has 0 unspecified atom stereocenters. The highest BCUT2D eigenvalue weighted by Crippen LogP contribution is 2.37. The first-order valence-corrected chi connectivity index (χ1v) is 12.3. The molecule has 2 nitrogen and oxygen atoms in total. The van der Waals surface area contributed by atoms with Crippen LogP contribution in [0.15, 0.2) is 55.1 Å². The van der Waals surface area contributed by atoms with Crippen molar-refractivity contribution < 1.29 is 4.57 Å². The molecule has 0 aliphatic heterocycles. The molecule has 0 spiro atoms. The van der Waals surface area contributed by atoms with E-state index in [-0.39, 0.29) is 21.7 Å². The number of hydrogen-bond acceptors (Lipinski definition) is 0. The Bertz CT molecular complexity index is 979. The largest absolute Gasteiger partial charge is 0.254 e. The van der Waals surface area contributed by atoms with Gasteiger partial charge in [-0.2, -0.15) is 0 Å². The van der Waals surface area contributed by atoms with Crippen LogP contribution in [0, 0.1) is 0 Å². The van der Waals surface area contributed by atoms with Gasteiger partial charge in [0.05, 0.1) is 0 Å². The van der Waals surface area contributed by atoms with Gasteiger partial charge in [0.15, 0.2) is 0 Å². The van der Waals surface area contributed by atoms with Crippen molar-refractivity contribution in [2.24, 2.45) is 0 Å². The lowest BCUT2D eigenvalue weighted by atomic mass is 9.78. The average Bonchev–Trinajstić information content (AvgIpc) is 3.13. The van der Waals surface area contributed by atoms with Crippen molar-refractivity contribution in [3.05, 3.63) is 77.4 Å². The number of aromatic nitrogens is 2. The summed E-state index contributed by atoms with van der Waals surface area (Å²) in [6.07, 6.45) is 6.73. The van der Waals surface area contributed by atoms with E-state index in [1.54, 1.807) is 0 Å². The molecule has 0 aliphatic carbocycles. The number of imidazole rings is 1. The molecular weight excluding hydrogens is 400 g/mol. The molecule has 0 radical (unpaired) electrons. The molecule has 0 amide bonds. The van der Waals surface area contributed by atoms with E-state index in [9.17, 15) is 0 Å². The van der Waals surface area contributed by atoms with E-state index in [0.29, 0.717) is 0 Å². The molecule has 0 fully saturated rings. The van der Waals surface area contributed by atoms with Crippen LogP contribution in [0.4, 0.5) is 0 Å². The molecule has 1 aromatic heterocycles. The maximum Gasteiger partial charge on any atom is 0.254 e. The predicted octanol–water partition coefficient (Wildman–Crippen LogP) is 7.94. The fraction of sp³-hybridized carbons (Fsp3) is 0.516. The zero-order valence-electron chi connectivity index (χ0n) is 23.1. The molecule has 33 heavy (non-hydrogen) atoms. The van der Waals surface area contributed by atoms with Gasteiger partial charge in [0.25, 0.3) is 6.33 Å². The second kappa shape index (κ2) is 8.15. The topological polar surface area (TPSA) is 8.81 Å². The summed E-state index contributed by atoms with van der Waals surface area (Å²) in [6.45, 7) is 27.7. The van der Waals surface area contributed by atoms with Crippen molar-refractivity contribution >= 4 is 0 Å². The smallest absolute Gasteiger partial charge is 0.201 e. The summed E-state index contributed by atoms with van der Waals surface area (Å²) in [7, 11) is 0. The first-order valence-electron chi connectivity index (χ1n) is 12.3. The van der Waals surface area contributed by atoms with Crippen LogP contribution in [0.25, 0.3) is 11.4 Å². The van der Waals surface area contributed by atoms with Crippen LogP contribution in [0.2, 0.25) is 0 Å². The Balaban J connectivity index is 2.34. The first-order chi connectivity index (χ1) is 14.9. The third-order valence-corrected chi connectivity index (χ3v) is 6.46. The summed E-state index contributed by atoms with van der Waals surface area (Å²) >= 11 is 0. The third kappa shape index (κ3) is 5.10. The molecule has 178 valence electrons. The minimum Gasteiger partial charge on any atom is -0.201 e. The van der Waals surface area contributed by atoms with E-state index >= 15 is 0 Å². The maximum atomic E-state index is 2.34. The van der Waals surface area contributed by atoms with E-state index in [1.807, 2.05) is 0 Å². The van der Waals surface area contributed by atoms with Crippen molar-refractivity contribution in [2.75, 3.05) is 0 Å². The van der Waals surface area contributed by atoms with Crippen LogP contribution in [-0.2, 0) is 21.7 Å². The summed E-state index contributed by atoms with van der Waals surface area (Å²) in [4.78, 5) is 0. The first kappa shape index (κ1) is 25.3. The number of para-hydroxylation sites is 2. The van der Waals surface area contributed by atoms with Gasteiger partial charge in [-0.3, -0.25) is 0 Å². The number of benzene rings is 2. The molecule has 0 saturated carbocycles. The van der Waals surface area contributed by atoms with Gasteiger partial charge in [0.2, 0.25) is 0 Å². The molecule has 3 aromatic rings. The number of nitrogens with zero attached hydrogens (tertiary/aromatic N) is 2. The standard InChI is InChI=1S/C31H45N2/c1-28(2,3)22-15-13-16-23(29(4,5)6)26(22)32-19-20-33(21-32)27-24(30(7,8)9)17-14-18-25(27)31(10,11)12/h13-21H,1-12H3/q+1. The van der Waals surface area contributed by atoms with Crippen molar-refractivity contribution in [1.82, 2.24) is 4.57 Å². The van der Waals surface area contributed by atoms with Crippen LogP contribution in [-0.4, -0.2) is 4.57 Å². The molecule has 0 saturated heterocycles. The van der Waals surface area contributed by atoms with Crippen molar-refractivity contribution in [3.63, 3.8) is 0 Å². The quantitative estimate of drug-likeness (QED) is 0.354. The predicted molar refractivity (Wildman–Crippen MR) is 142 cm³/mol. The highest BCUT2D eigenvalue weighted by molar-refractivity contribution is 5.54. The van der Waals surface area contributed by atoms with Gasteiger partial charge in [0, 0.05) is 22.3 Å². The minimum absolute atomic E-state index is 0.0472. The Kier molecular flexibility index (Phi) is 6.24. The lowest BCUT2D eigenvalue weighted by Gasteiger charge is -2.28. The Morgan fingerprint density at radius 3 is 1.27 bits per heavy atom. The number of hydrogen-bond donors (Lipinski definition) is 0. The lowest BCUT2D eigenvalue weighted by molar-refractivity contribution is -0.596. The highest BCUT2D eigenvalue weighted by Gasteiger charge is 2.32. The molecule has 0 bridgehead atoms. The molecule has 1 heterocycles. The molecule has 3 rings (SSSR count). The average molecular weight is 446 g/mol. The molecule has 0 N–H and O–H groups in total. The van der Waals surface area contributed by atoms with E-state index in [1.165, 1.54) is 33.6 Å². The van der Waals surface area contributed by atoms with E-state index in [0.717, 1.165) is 0 Å². The lowest BCUT2D eigenvalue weighted by Crippen LogP contribution is -2.36. The van der Waals surface area contributed by atoms with Gasteiger partial charge >= 0.3 is 0 Å². The third-order valence-electron chi connectivity index (χ3n) is 6.46. The van der Waals surface area contributed by atoms with Crippen LogP contribution in [0.5, 0.6) is 0 Å². The molecular formula is C31H45N2+. The monoisotopic (exact) mass is 445 g/mol. The van der Waals surface area contributed by atoms with E-state index in [4.69, 9.17) is 0 Å². The Morgan fingerprint density at radius 2 is 0.909 bits per heavy atom. The van der Waals surface area contributed by atoms with Gasteiger partial charge in [-0.25, -0.2) is 9.13 Å². The van der Waals surface area contributed by atoms with Crippen molar-refractivity contribution in [1.29, 1.82) is 0 Å². The van der Waals surface area contributed by atoms with Crippen LogP contribution in [0.1, 0.15) is 105 Å². The van der Waals surface area contributed by atoms with Crippen molar-refractivity contribution in [3.8, 4) is 11.4 Å². The molecule has 2 heteroatoms. The van der Waals surface area contributed by atoms with Crippen LogP contribution in [0.3, 0.4) is 0 Å². The van der Waals surface area contributed by atoms with E-state index in [2.05, 4.69) is 147 Å². The van der Waals surface area contributed by atoms with Crippen molar-refractivity contribution in [2.45, 2.75) is 105 Å². The van der Waals surface area contributed by atoms with Crippen LogP contribution >= 0.6 is 0 Å². The minimum atomic E-state index is 0.0472. The molecule has 2 aromatic carbocycles. The summed E-state index contributed by atoms with van der Waals surface area (Å²) in [5.41, 5.74) is 8.30. The Labute approximate surface area is 202 Å². The fourth-order valence-electron chi connectivity index (χ4n) is 4.68. The van der Waals surface area contributed by atoms with Gasteiger partial charge in [-0.15, -0.1) is 0 Å².